The van der Waals surface area contributed by atoms with Gasteiger partial charge in [0.25, 0.3) is 0 Å². The molecule has 0 radical (unpaired) electrons. The maximum atomic E-state index is 11.4. The lowest BCUT2D eigenvalue weighted by Crippen LogP contribution is -2.27. The van der Waals surface area contributed by atoms with Gasteiger partial charge in [0.1, 0.15) is 0 Å². The number of aliphatic hydroxyl groups excluding tert-OH is 1. The molecule has 1 atom stereocenters. The van der Waals surface area contributed by atoms with Crippen molar-refractivity contribution in [2.75, 3.05) is 35.9 Å². The first-order valence-corrected chi connectivity index (χ1v) is 11.7. The minimum absolute atomic E-state index is 0.205. The zero-order valence-electron chi connectivity index (χ0n) is 17.7. The van der Waals surface area contributed by atoms with Crippen molar-refractivity contribution in [3.63, 3.8) is 0 Å². The number of sulfonamides is 1. The SMILES string of the molecule is Cc1c(OC(=O)O)[nH]c2cc(NCCNC[C@H](O)c3cccc(NS(C)(=O)=O)c3)ccc12. The Morgan fingerprint density at radius 1 is 1.16 bits per heavy atom. The Kier molecular flexibility index (Phi) is 7.23. The lowest BCUT2D eigenvalue weighted by Gasteiger charge is -2.14. The summed E-state index contributed by atoms with van der Waals surface area (Å²) in [5.74, 6) is 0.205. The topological polar surface area (TPSA) is 153 Å². The predicted octanol–water partition coefficient (Wildman–Crippen LogP) is 2.64. The summed E-state index contributed by atoms with van der Waals surface area (Å²) >= 11 is 0. The second kappa shape index (κ2) is 9.90. The lowest BCUT2D eigenvalue weighted by molar-refractivity contribution is 0.142. The van der Waals surface area contributed by atoms with Crippen LogP contribution in [-0.2, 0) is 10.0 Å². The summed E-state index contributed by atoms with van der Waals surface area (Å²) in [6.07, 6.45) is -1.09. The van der Waals surface area contributed by atoms with Crippen molar-refractivity contribution in [3.05, 3.63) is 53.6 Å². The Morgan fingerprint density at radius 3 is 2.66 bits per heavy atom. The van der Waals surface area contributed by atoms with Crippen LogP contribution in [0.3, 0.4) is 0 Å². The first-order valence-electron chi connectivity index (χ1n) is 9.86. The first kappa shape index (κ1) is 23.4. The predicted molar refractivity (Wildman–Crippen MR) is 123 cm³/mol. The third-order valence-corrected chi connectivity index (χ3v) is 5.35. The maximum absolute atomic E-state index is 11.4. The quantitative estimate of drug-likeness (QED) is 0.199. The van der Waals surface area contributed by atoms with Crippen molar-refractivity contribution in [2.24, 2.45) is 0 Å². The monoisotopic (exact) mass is 462 g/mol. The van der Waals surface area contributed by atoms with E-state index in [4.69, 9.17) is 9.84 Å². The number of aliphatic hydroxyl groups is 1. The Bertz CT molecular complexity index is 1210. The number of ether oxygens (including phenoxy) is 1. The van der Waals surface area contributed by atoms with Crippen LogP contribution in [0.2, 0.25) is 0 Å². The molecule has 6 N–H and O–H groups in total. The van der Waals surface area contributed by atoms with E-state index in [0.29, 0.717) is 30.9 Å². The van der Waals surface area contributed by atoms with E-state index in [1.165, 1.54) is 0 Å². The number of aryl methyl sites for hydroxylation is 1. The number of rotatable bonds is 10. The van der Waals surface area contributed by atoms with E-state index in [2.05, 4.69) is 20.3 Å². The normalized spacial score (nSPS) is 12.5. The molecular weight excluding hydrogens is 436 g/mol. The van der Waals surface area contributed by atoms with Gasteiger partial charge in [0, 0.05) is 42.0 Å². The molecule has 0 amide bonds. The van der Waals surface area contributed by atoms with Gasteiger partial charge in [0.2, 0.25) is 15.9 Å². The number of benzene rings is 2. The molecule has 0 bridgehead atoms. The van der Waals surface area contributed by atoms with Gasteiger partial charge in [-0.05, 0) is 36.8 Å². The molecule has 11 heteroatoms. The molecule has 3 aromatic rings. The number of hydrogen-bond donors (Lipinski definition) is 6. The smallest absolute Gasteiger partial charge is 0.449 e. The molecule has 0 aliphatic rings. The second-order valence-electron chi connectivity index (χ2n) is 7.35. The Balaban J connectivity index is 1.48. The zero-order chi connectivity index (χ0) is 23.3. The Hall–Kier alpha value is -3.28. The van der Waals surface area contributed by atoms with Crippen LogP contribution in [0, 0.1) is 6.92 Å². The van der Waals surface area contributed by atoms with Crippen molar-refractivity contribution in [1.82, 2.24) is 10.3 Å². The number of carbonyl (C=O) groups is 1. The van der Waals surface area contributed by atoms with Crippen LogP contribution in [-0.4, -0.2) is 55.7 Å². The fourth-order valence-corrected chi connectivity index (χ4v) is 3.84. The molecule has 0 aliphatic heterocycles. The van der Waals surface area contributed by atoms with Gasteiger partial charge in [-0.2, -0.15) is 0 Å². The van der Waals surface area contributed by atoms with Crippen molar-refractivity contribution in [3.8, 4) is 5.88 Å². The van der Waals surface area contributed by atoms with E-state index in [1.807, 2.05) is 18.2 Å². The molecule has 0 saturated heterocycles. The number of aromatic nitrogens is 1. The van der Waals surface area contributed by atoms with Gasteiger partial charge in [-0.25, -0.2) is 13.2 Å². The van der Waals surface area contributed by atoms with Crippen LogP contribution in [0.25, 0.3) is 10.9 Å². The molecule has 2 aromatic carbocycles. The molecule has 0 spiro atoms. The number of hydrogen-bond acceptors (Lipinski definition) is 7. The van der Waals surface area contributed by atoms with Gasteiger partial charge >= 0.3 is 6.16 Å². The molecular formula is C21H26N4O6S. The summed E-state index contributed by atoms with van der Waals surface area (Å²) < 4.78 is 29.8. The van der Waals surface area contributed by atoms with Crippen LogP contribution in [0.4, 0.5) is 16.2 Å². The van der Waals surface area contributed by atoms with Gasteiger partial charge in [-0.1, -0.05) is 18.2 Å². The highest BCUT2D eigenvalue weighted by Gasteiger charge is 2.12. The number of H-pyrrole nitrogens is 1. The summed E-state index contributed by atoms with van der Waals surface area (Å²) in [6.45, 7) is 3.25. The highest BCUT2D eigenvalue weighted by Crippen LogP contribution is 2.29. The van der Waals surface area contributed by atoms with E-state index >= 15 is 0 Å². The van der Waals surface area contributed by atoms with E-state index in [-0.39, 0.29) is 5.88 Å². The average molecular weight is 463 g/mol. The molecule has 0 fully saturated rings. The van der Waals surface area contributed by atoms with Gasteiger partial charge < -0.3 is 30.6 Å². The minimum atomic E-state index is -3.38. The van der Waals surface area contributed by atoms with Crippen LogP contribution in [0.5, 0.6) is 5.88 Å². The highest BCUT2D eigenvalue weighted by atomic mass is 32.2. The Morgan fingerprint density at radius 2 is 1.94 bits per heavy atom. The molecule has 1 heterocycles. The van der Waals surface area contributed by atoms with Crippen LogP contribution < -0.4 is 20.1 Å². The van der Waals surface area contributed by atoms with E-state index in [1.54, 1.807) is 31.2 Å². The summed E-state index contributed by atoms with van der Waals surface area (Å²) in [4.78, 5) is 13.7. The average Bonchev–Trinajstić information content (AvgIpc) is 3.00. The van der Waals surface area contributed by atoms with E-state index < -0.39 is 22.3 Å². The van der Waals surface area contributed by atoms with Crippen LogP contribution in [0.1, 0.15) is 17.2 Å². The summed E-state index contributed by atoms with van der Waals surface area (Å²) in [6, 6.07) is 12.3. The second-order valence-corrected chi connectivity index (χ2v) is 9.10. The van der Waals surface area contributed by atoms with Crippen molar-refractivity contribution < 1.29 is 28.2 Å². The molecule has 1 aromatic heterocycles. The molecule has 32 heavy (non-hydrogen) atoms. The number of carboxylic acid groups (broad SMARTS) is 1. The number of anilines is 2. The number of fused-ring (bicyclic) bond motifs is 1. The first-order chi connectivity index (χ1) is 15.1. The van der Waals surface area contributed by atoms with Gasteiger partial charge in [0.05, 0.1) is 17.9 Å². The molecule has 3 rings (SSSR count). The summed E-state index contributed by atoms with van der Waals surface area (Å²) in [7, 11) is -3.38. The van der Waals surface area contributed by atoms with Crippen LogP contribution in [0.15, 0.2) is 42.5 Å². The van der Waals surface area contributed by atoms with Crippen molar-refractivity contribution >= 4 is 38.5 Å². The highest BCUT2D eigenvalue weighted by molar-refractivity contribution is 7.92. The fourth-order valence-electron chi connectivity index (χ4n) is 3.29. The van der Waals surface area contributed by atoms with Crippen LogP contribution >= 0.6 is 0 Å². The van der Waals surface area contributed by atoms with Gasteiger partial charge in [-0.3, -0.25) is 4.72 Å². The molecule has 0 aliphatic carbocycles. The summed E-state index contributed by atoms with van der Waals surface area (Å²) in [5.41, 5.74) is 3.33. The third-order valence-electron chi connectivity index (χ3n) is 4.74. The number of nitrogens with one attached hydrogen (secondary N) is 4. The maximum Gasteiger partial charge on any atom is 0.512 e. The van der Waals surface area contributed by atoms with Crippen molar-refractivity contribution in [1.29, 1.82) is 0 Å². The molecule has 0 unspecified atom stereocenters. The van der Waals surface area contributed by atoms with Crippen molar-refractivity contribution in [2.45, 2.75) is 13.0 Å². The standard InChI is InChI=1S/C21H26N4O6S/c1-13-17-7-6-15(11-18(17)24-20(13)31-21(27)28)23-9-8-22-12-19(26)14-4-3-5-16(10-14)25-32(2,29)30/h3-7,10-11,19,22-26H,8-9,12H2,1-2H3,(H,27,28)/t19-/m0/s1. The third kappa shape index (κ3) is 6.36. The van der Waals surface area contributed by atoms with E-state index in [0.717, 1.165) is 28.4 Å². The fraction of sp³-hybridized carbons (Fsp3) is 0.286. The van der Waals surface area contributed by atoms with Gasteiger partial charge in [0.15, 0.2) is 0 Å². The largest absolute Gasteiger partial charge is 0.512 e. The molecule has 172 valence electrons. The van der Waals surface area contributed by atoms with Gasteiger partial charge in [-0.15, -0.1) is 0 Å². The molecule has 10 nitrogen and oxygen atoms in total. The van der Waals surface area contributed by atoms with E-state index in [9.17, 15) is 18.3 Å². The minimum Gasteiger partial charge on any atom is -0.449 e. The number of aromatic amines is 1. The lowest BCUT2D eigenvalue weighted by atomic mass is 10.1. The summed E-state index contributed by atoms with van der Waals surface area (Å²) in [5, 5.41) is 26.4. The Labute approximate surface area is 185 Å². The zero-order valence-corrected chi connectivity index (χ0v) is 18.5. The molecule has 0 saturated carbocycles.